The molecule has 0 radical (unpaired) electrons. The number of hydrogen-bond acceptors (Lipinski definition) is 2. The molecular formula is C14H19NO2. The van der Waals surface area contributed by atoms with Crippen molar-refractivity contribution in [1.82, 2.24) is 0 Å². The topological polar surface area (TPSA) is 40.5 Å². The number of carboxylic acid groups (broad SMARTS) is 1. The van der Waals surface area contributed by atoms with Gasteiger partial charge >= 0.3 is 5.97 Å². The van der Waals surface area contributed by atoms with Gasteiger partial charge in [-0.2, -0.15) is 0 Å². The fraction of sp³-hybridized carbons (Fsp3) is 0.500. The number of carbonyl (C=O) groups is 1. The summed E-state index contributed by atoms with van der Waals surface area (Å²) in [6, 6.07) is 6.42. The summed E-state index contributed by atoms with van der Waals surface area (Å²) in [6.45, 7) is 7.00. The molecule has 0 saturated carbocycles. The summed E-state index contributed by atoms with van der Waals surface area (Å²) in [4.78, 5) is 13.3. The van der Waals surface area contributed by atoms with E-state index in [1.165, 1.54) is 16.8 Å². The van der Waals surface area contributed by atoms with E-state index in [9.17, 15) is 4.79 Å². The molecule has 3 heteroatoms. The molecule has 0 amide bonds. The minimum atomic E-state index is -0.676. The number of hydrogen-bond donors (Lipinski definition) is 1. The maximum Gasteiger partial charge on any atom is 0.308 e. The Kier molecular flexibility index (Phi) is 3.09. The van der Waals surface area contributed by atoms with Crippen molar-refractivity contribution in [2.24, 2.45) is 5.92 Å². The number of nitrogens with zero attached hydrogens (tertiary/aromatic N) is 1. The molecule has 92 valence electrons. The molecule has 17 heavy (non-hydrogen) atoms. The lowest BCUT2D eigenvalue weighted by Gasteiger charge is -2.27. The second-order valence-electron chi connectivity index (χ2n) is 4.96. The van der Waals surface area contributed by atoms with Crippen LogP contribution in [0.5, 0.6) is 0 Å². The third-order valence-electron chi connectivity index (χ3n) is 3.73. The van der Waals surface area contributed by atoms with Crippen LogP contribution in [0.3, 0.4) is 0 Å². The number of carboxylic acids is 1. The first-order valence-corrected chi connectivity index (χ1v) is 6.07. The van der Waals surface area contributed by atoms with Crippen LogP contribution < -0.4 is 4.90 Å². The van der Waals surface area contributed by atoms with Gasteiger partial charge in [0, 0.05) is 18.3 Å². The zero-order chi connectivity index (χ0) is 12.6. The molecule has 1 aliphatic heterocycles. The Morgan fingerprint density at radius 1 is 1.41 bits per heavy atom. The van der Waals surface area contributed by atoms with Gasteiger partial charge in [0.05, 0.1) is 5.92 Å². The van der Waals surface area contributed by atoms with Gasteiger partial charge in [-0.05, 0) is 38.8 Å². The molecule has 1 fully saturated rings. The van der Waals surface area contributed by atoms with E-state index in [1.807, 2.05) is 6.92 Å². The number of rotatable bonds is 2. The first-order chi connectivity index (χ1) is 8.00. The Hall–Kier alpha value is -1.51. The van der Waals surface area contributed by atoms with Gasteiger partial charge in [-0.25, -0.2) is 0 Å². The zero-order valence-corrected chi connectivity index (χ0v) is 10.6. The van der Waals surface area contributed by atoms with E-state index >= 15 is 0 Å². The third-order valence-corrected chi connectivity index (χ3v) is 3.73. The normalized spacial score (nSPS) is 24.1. The summed E-state index contributed by atoms with van der Waals surface area (Å²) in [5.41, 5.74) is 3.64. The Labute approximate surface area is 102 Å². The molecule has 2 atom stereocenters. The molecule has 1 N–H and O–H groups in total. The van der Waals surface area contributed by atoms with Gasteiger partial charge in [0.2, 0.25) is 0 Å². The van der Waals surface area contributed by atoms with E-state index in [0.717, 1.165) is 13.0 Å². The van der Waals surface area contributed by atoms with E-state index in [4.69, 9.17) is 5.11 Å². The van der Waals surface area contributed by atoms with E-state index in [0.29, 0.717) is 0 Å². The fourth-order valence-corrected chi connectivity index (χ4v) is 2.74. The summed E-state index contributed by atoms with van der Waals surface area (Å²) >= 11 is 0. The summed E-state index contributed by atoms with van der Waals surface area (Å²) in [6.07, 6.45) is 0.740. The molecule has 1 aliphatic rings. The highest BCUT2D eigenvalue weighted by Crippen LogP contribution is 2.32. The lowest BCUT2D eigenvalue weighted by atomic mass is 10.0. The molecule has 0 unspecified atom stereocenters. The molecule has 0 aliphatic carbocycles. The molecule has 0 aromatic heterocycles. The predicted molar refractivity (Wildman–Crippen MR) is 68.5 cm³/mol. The van der Waals surface area contributed by atoms with Crippen LogP contribution >= 0.6 is 0 Å². The van der Waals surface area contributed by atoms with Gasteiger partial charge in [-0.3, -0.25) is 4.79 Å². The first kappa shape index (κ1) is 12.0. The molecule has 0 bridgehead atoms. The highest BCUT2D eigenvalue weighted by Gasteiger charge is 2.35. The molecule has 0 spiro atoms. The predicted octanol–water partition coefficient (Wildman–Crippen LogP) is 2.60. The Morgan fingerprint density at radius 2 is 2.12 bits per heavy atom. The highest BCUT2D eigenvalue weighted by atomic mass is 16.4. The van der Waals surface area contributed by atoms with Crippen molar-refractivity contribution in [3.63, 3.8) is 0 Å². The van der Waals surface area contributed by atoms with Crippen LogP contribution in [0.4, 0.5) is 5.69 Å². The molecule has 1 aromatic carbocycles. The largest absolute Gasteiger partial charge is 0.481 e. The van der Waals surface area contributed by atoms with E-state index in [-0.39, 0.29) is 12.0 Å². The molecule has 3 nitrogen and oxygen atoms in total. The van der Waals surface area contributed by atoms with E-state index < -0.39 is 5.97 Å². The van der Waals surface area contributed by atoms with Crippen molar-refractivity contribution in [2.75, 3.05) is 11.4 Å². The van der Waals surface area contributed by atoms with Gasteiger partial charge in [-0.1, -0.05) is 17.7 Å². The Morgan fingerprint density at radius 3 is 2.65 bits per heavy atom. The van der Waals surface area contributed by atoms with Crippen LogP contribution in [-0.4, -0.2) is 23.7 Å². The van der Waals surface area contributed by atoms with Gasteiger partial charge in [0.1, 0.15) is 0 Å². The van der Waals surface area contributed by atoms with Crippen LogP contribution in [0.15, 0.2) is 18.2 Å². The van der Waals surface area contributed by atoms with Crippen molar-refractivity contribution >= 4 is 11.7 Å². The standard InChI is InChI=1S/C14H19NO2/c1-9-4-5-13(10(2)8-9)15-7-6-12(11(15)3)14(16)17/h4-5,8,11-12H,6-7H2,1-3H3,(H,16,17)/t11-,12+/m1/s1. The Balaban J connectivity index is 2.27. The summed E-state index contributed by atoms with van der Waals surface area (Å²) < 4.78 is 0. The van der Waals surface area contributed by atoms with Crippen LogP contribution in [0, 0.1) is 19.8 Å². The second kappa shape index (κ2) is 4.40. The molecular weight excluding hydrogens is 214 g/mol. The van der Waals surface area contributed by atoms with Crippen LogP contribution in [0.1, 0.15) is 24.5 Å². The second-order valence-corrected chi connectivity index (χ2v) is 4.96. The highest BCUT2D eigenvalue weighted by molar-refractivity contribution is 5.73. The van der Waals surface area contributed by atoms with Crippen LogP contribution in [0.25, 0.3) is 0 Å². The maximum absolute atomic E-state index is 11.1. The maximum atomic E-state index is 11.1. The molecule has 2 rings (SSSR count). The lowest BCUT2D eigenvalue weighted by Crippen LogP contribution is -2.33. The van der Waals surface area contributed by atoms with Crippen molar-refractivity contribution in [3.05, 3.63) is 29.3 Å². The average molecular weight is 233 g/mol. The fourth-order valence-electron chi connectivity index (χ4n) is 2.74. The number of benzene rings is 1. The average Bonchev–Trinajstić information content (AvgIpc) is 2.60. The van der Waals surface area contributed by atoms with E-state index in [2.05, 4.69) is 36.9 Å². The zero-order valence-electron chi connectivity index (χ0n) is 10.6. The summed E-state index contributed by atoms with van der Waals surface area (Å²) in [5, 5.41) is 9.14. The minimum Gasteiger partial charge on any atom is -0.481 e. The van der Waals surface area contributed by atoms with Gasteiger partial charge in [0.15, 0.2) is 0 Å². The smallest absolute Gasteiger partial charge is 0.308 e. The Bertz CT molecular complexity index is 442. The van der Waals surface area contributed by atoms with Crippen LogP contribution in [0.2, 0.25) is 0 Å². The number of anilines is 1. The summed E-state index contributed by atoms with van der Waals surface area (Å²) in [5.74, 6) is -0.916. The van der Waals surface area contributed by atoms with Crippen molar-refractivity contribution in [1.29, 1.82) is 0 Å². The van der Waals surface area contributed by atoms with Gasteiger partial charge in [-0.15, -0.1) is 0 Å². The van der Waals surface area contributed by atoms with Crippen molar-refractivity contribution in [2.45, 2.75) is 33.2 Å². The monoisotopic (exact) mass is 233 g/mol. The third kappa shape index (κ3) is 2.14. The molecule has 1 heterocycles. The minimum absolute atomic E-state index is 0.0777. The van der Waals surface area contributed by atoms with Crippen molar-refractivity contribution in [3.8, 4) is 0 Å². The number of aliphatic carboxylic acids is 1. The SMILES string of the molecule is Cc1ccc(N2CC[C@H](C(=O)O)[C@H]2C)c(C)c1. The van der Waals surface area contributed by atoms with Crippen molar-refractivity contribution < 1.29 is 9.90 Å². The first-order valence-electron chi connectivity index (χ1n) is 6.07. The van der Waals surface area contributed by atoms with Crippen LogP contribution in [-0.2, 0) is 4.79 Å². The van der Waals surface area contributed by atoms with Gasteiger partial charge in [0.25, 0.3) is 0 Å². The quantitative estimate of drug-likeness (QED) is 0.853. The molecule has 1 aromatic rings. The number of aryl methyl sites for hydroxylation is 2. The van der Waals surface area contributed by atoms with E-state index in [1.54, 1.807) is 0 Å². The van der Waals surface area contributed by atoms with Gasteiger partial charge < -0.3 is 10.0 Å². The molecule has 1 saturated heterocycles. The summed E-state index contributed by atoms with van der Waals surface area (Å²) in [7, 11) is 0. The lowest BCUT2D eigenvalue weighted by molar-refractivity contribution is -0.141.